The first kappa shape index (κ1) is 11.6. The van der Waals surface area contributed by atoms with Crippen LogP contribution in [0.5, 0.6) is 0 Å². The van der Waals surface area contributed by atoms with E-state index in [9.17, 15) is 0 Å². The summed E-state index contributed by atoms with van der Waals surface area (Å²) < 4.78 is 5.30. The first-order valence-electron chi connectivity index (χ1n) is 6.01. The molecule has 1 N–H and O–H groups in total. The van der Waals surface area contributed by atoms with Gasteiger partial charge in [0.1, 0.15) is 0 Å². The maximum absolute atomic E-state index is 6.20. The van der Waals surface area contributed by atoms with Crippen LogP contribution in [0.15, 0.2) is 0 Å². The lowest BCUT2D eigenvalue weighted by Gasteiger charge is -2.26. The Morgan fingerprint density at radius 3 is 2.73 bits per heavy atom. The third-order valence-electron chi connectivity index (χ3n) is 3.18. The van der Waals surface area contributed by atoms with Crippen molar-refractivity contribution in [1.29, 1.82) is 0 Å². The van der Waals surface area contributed by atoms with Gasteiger partial charge in [-0.2, -0.15) is 0 Å². The number of morpholine rings is 1. The predicted octanol–water partition coefficient (Wildman–Crippen LogP) is 0.926. The van der Waals surface area contributed by atoms with Crippen LogP contribution >= 0.6 is 11.6 Å². The van der Waals surface area contributed by atoms with Crippen LogP contribution in [0.2, 0.25) is 0 Å². The summed E-state index contributed by atoms with van der Waals surface area (Å²) in [7, 11) is 0. The van der Waals surface area contributed by atoms with Crippen molar-refractivity contribution in [3.05, 3.63) is 0 Å². The minimum absolute atomic E-state index is 0.356. The minimum Gasteiger partial charge on any atom is -0.379 e. The van der Waals surface area contributed by atoms with Crippen molar-refractivity contribution in [2.24, 2.45) is 5.92 Å². The predicted molar refractivity (Wildman–Crippen MR) is 62.5 cm³/mol. The van der Waals surface area contributed by atoms with Gasteiger partial charge in [0.25, 0.3) is 0 Å². The number of nitrogens with one attached hydrogen (secondary N) is 1. The monoisotopic (exact) mass is 232 g/mol. The molecule has 0 aromatic rings. The normalized spacial score (nSPS) is 25.4. The molecule has 2 aliphatic rings. The zero-order valence-corrected chi connectivity index (χ0v) is 10.0. The van der Waals surface area contributed by atoms with Crippen molar-refractivity contribution in [1.82, 2.24) is 10.2 Å². The molecule has 4 heteroatoms. The summed E-state index contributed by atoms with van der Waals surface area (Å²) >= 11 is 6.20. The van der Waals surface area contributed by atoms with Gasteiger partial charge < -0.3 is 10.1 Å². The topological polar surface area (TPSA) is 24.5 Å². The summed E-state index contributed by atoms with van der Waals surface area (Å²) in [5, 5.41) is 3.80. The molecular weight excluding hydrogens is 212 g/mol. The maximum Gasteiger partial charge on any atom is 0.0594 e. The first-order valence-corrected chi connectivity index (χ1v) is 6.45. The molecule has 0 spiro atoms. The van der Waals surface area contributed by atoms with E-state index in [1.165, 1.54) is 12.8 Å². The van der Waals surface area contributed by atoms with E-state index in [-0.39, 0.29) is 0 Å². The molecule has 15 heavy (non-hydrogen) atoms. The molecule has 1 saturated heterocycles. The molecule has 0 aromatic heterocycles. The Bertz CT molecular complexity index is 181. The van der Waals surface area contributed by atoms with Gasteiger partial charge in [0, 0.05) is 38.1 Å². The minimum atomic E-state index is 0.356. The van der Waals surface area contributed by atoms with Crippen LogP contribution in [-0.4, -0.2) is 56.2 Å². The van der Waals surface area contributed by atoms with Gasteiger partial charge >= 0.3 is 0 Å². The van der Waals surface area contributed by atoms with Crippen LogP contribution in [0, 0.1) is 5.92 Å². The van der Waals surface area contributed by atoms with Crippen LogP contribution in [-0.2, 0) is 4.74 Å². The molecular formula is C11H21ClN2O. The van der Waals surface area contributed by atoms with Crippen molar-refractivity contribution in [2.75, 3.05) is 45.9 Å². The molecule has 1 saturated carbocycles. The van der Waals surface area contributed by atoms with E-state index >= 15 is 0 Å². The number of halogens is 1. The van der Waals surface area contributed by atoms with Gasteiger partial charge in [-0.3, -0.25) is 4.90 Å². The molecule has 0 aromatic carbocycles. The number of hydrogen-bond donors (Lipinski definition) is 1. The highest BCUT2D eigenvalue weighted by Crippen LogP contribution is 2.35. The van der Waals surface area contributed by atoms with E-state index in [1.807, 2.05) is 0 Å². The average Bonchev–Trinajstić information content (AvgIpc) is 3.09. The summed E-state index contributed by atoms with van der Waals surface area (Å²) in [5.74, 6) is 0.794. The van der Waals surface area contributed by atoms with Crippen LogP contribution < -0.4 is 5.32 Å². The molecule has 2 fully saturated rings. The molecule has 88 valence electrons. The Balaban J connectivity index is 1.46. The fourth-order valence-corrected chi connectivity index (χ4v) is 2.29. The lowest BCUT2D eigenvalue weighted by molar-refractivity contribution is 0.0384. The summed E-state index contributed by atoms with van der Waals surface area (Å²) in [6.07, 6.45) is 2.67. The molecule has 2 rings (SSSR count). The zero-order chi connectivity index (χ0) is 10.5. The highest BCUT2D eigenvalue weighted by atomic mass is 35.5. The molecule has 1 aliphatic heterocycles. The lowest BCUT2D eigenvalue weighted by atomic mass is 10.3. The van der Waals surface area contributed by atoms with Gasteiger partial charge in [-0.15, -0.1) is 11.6 Å². The van der Waals surface area contributed by atoms with E-state index in [0.29, 0.717) is 5.38 Å². The molecule has 1 unspecified atom stereocenters. The molecule has 3 nitrogen and oxygen atoms in total. The van der Waals surface area contributed by atoms with Crippen LogP contribution in [0.4, 0.5) is 0 Å². The largest absolute Gasteiger partial charge is 0.379 e. The number of alkyl halides is 1. The van der Waals surface area contributed by atoms with Gasteiger partial charge in [0.15, 0.2) is 0 Å². The van der Waals surface area contributed by atoms with Gasteiger partial charge in [-0.05, 0) is 18.8 Å². The van der Waals surface area contributed by atoms with Gasteiger partial charge in [-0.25, -0.2) is 0 Å². The van der Waals surface area contributed by atoms with E-state index in [0.717, 1.165) is 51.9 Å². The second-order valence-electron chi connectivity index (χ2n) is 4.51. The average molecular weight is 233 g/mol. The molecule has 1 atom stereocenters. The van der Waals surface area contributed by atoms with Gasteiger partial charge in [0.2, 0.25) is 0 Å². The standard InChI is InChI=1S/C11H21ClN2O/c12-11(10-1-2-10)9-13-3-4-14-5-7-15-8-6-14/h10-11,13H,1-9H2. The number of rotatable bonds is 6. The Morgan fingerprint density at radius 1 is 1.33 bits per heavy atom. The molecule has 0 amide bonds. The van der Waals surface area contributed by atoms with Gasteiger partial charge in [-0.1, -0.05) is 0 Å². The van der Waals surface area contributed by atoms with E-state index in [2.05, 4.69) is 10.2 Å². The third-order valence-corrected chi connectivity index (χ3v) is 3.69. The number of nitrogens with zero attached hydrogens (tertiary/aromatic N) is 1. The Hall–Kier alpha value is 0.170. The number of hydrogen-bond acceptors (Lipinski definition) is 3. The van der Waals surface area contributed by atoms with Crippen molar-refractivity contribution in [3.63, 3.8) is 0 Å². The third kappa shape index (κ3) is 4.27. The van der Waals surface area contributed by atoms with Gasteiger partial charge in [0.05, 0.1) is 13.2 Å². The number of ether oxygens (including phenoxy) is 1. The second-order valence-corrected chi connectivity index (χ2v) is 5.07. The van der Waals surface area contributed by atoms with Crippen LogP contribution in [0.3, 0.4) is 0 Å². The quantitative estimate of drug-likeness (QED) is 0.545. The summed E-state index contributed by atoms with van der Waals surface area (Å²) in [5.41, 5.74) is 0. The van der Waals surface area contributed by atoms with E-state index < -0.39 is 0 Å². The maximum atomic E-state index is 6.20. The Kier molecular flexibility index (Phi) is 4.69. The lowest BCUT2D eigenvalue weighted by Crippen LogP contribution is -2.41. The van der Waals surface area contributed by atoms with Crippen molar-refractivity contribution >= 4 is 11.6 Å². The highest BCUT2D eigenvalue weighted by molar-refractivity contribution is 6.21. The SMILES string of the molecule is ClC(CNCCN1CCOCC1)C1CC1. The second kappa shape index (κ2) is 6.04. The fourth-order valence-electron chi connectivity index (χ4n) is 1.93. The van der Waals surface area contributed by atoms with Crippen LogP contribution in [0.25, 0.3) is 0 Å². The summed E-state index contributed by atoms with van der Waals surface area (Å²) in [4.78, 5) is 2.44. The fraction of sp³-hybridized carbons (Fsp3) is 1.00. The zero-order valence-electron chi connectivity index (χ0n) is 9.25. The summed E-state index contributed by atoms with van der Waals surface area (Å²) in [6.45, 7) is 7.08. The van der Waals surface area contributed by atoms with Crippen molar-refractivity contribution in [3.8, 4) is 0 Å². The van der Waals surface area contributed by atoms with Crippen molar-refractivity contribution in [2.45, 2.75) is 18.2 Å². The molecule has 1 heterocycles. The highest BCUT2D eigenvalue weighted by Gasteiger charge is 2.29. The Morgan fingerprint density at radius 2 is 2.07 bits per heavy atom. The Labute approximate surface area is 97.1 Å². The van der Waals surface area contributed by atoms with E-state index in [1.54, 1.807) is 0 Å². The summed E-state index contributed by atoms with van der Waals surface area (Å²) in [6, 6.07) is 0. The first-order chi connectivity index (χ1) is 7.36. The van der Waals surface area contributed by atoms with E-state index in [4.69, 9.17) is 16.3 Å². The molecule has 1 aliphatic carbocycles. The smallest absolute Gasteiger partial charge is 0.0594 e. The molecule has 0 radical (unpaired) electrons. The van der Waals surface area contributed by atoms with Crippen molar-refractivity contribution < 1.29 is 4.74 Å². The van der Waals surface area contributed by atoms with Crippen LogP contribution in [0.1, 0.15) is 12.8 Å². The molecule has 0 bridgehead atoms.